The monoisotopic (exact) mass is 766 g/mol. The minimum absolute atomic E-state index is 0. The summed E-state index contributed by atoms with van der Waals surface area (Å²) in [6, 6.07) is 0. The van der Waals surface area contributed by atoms with Gasteiger partial charge in [-0.2, -0.15) is 0 Å². The Bertz CT molecular complexity index is 639. The quantitative estimate of drug-likeness (QED) is 0.125. The average Bonchev–Trinajstić information content (AvgIpc) is 1.79. The molecule has 0 saturated carbocycles. The van der Waals surface area contributed by atoms with Gasteiger partial charge in [-0.3, -0.25) is 42.1 Å². The Hall–Kier alpha value is 4.53. The van der Waals surface area contributed by atoms with Crippen molar-refractivity contribution in [2.45, 2.75) is 0 Å². The van der Waals surface area contributed by atoms with Crippen molar-refractivity contribution < 1.29 is 115 Å². The van der Waals surface area contributed by atoms with Crippen LogP contribution in [0.15, 0.2) is 0 Å². The molecule has 0 fully saturated rings. The van der Waals surface area contributed by atoms with E-state index in [1.807, 2.05) is 0 Å². The van der Waals surface area contributed by atoms with Gasteiger partial charge in [-0.05, 0) is 0 Å². The topological polar surface area (TPSA) is 551 Å². The normalized spacial score (nSPS) is 8.06. The first-order valence-corrected chi connectivity index (χ1v) is 10.0. The van der Waals surface area contributed by atoms with Crippen LogP contribution >= 0.6 is 0 Å². The van der Waals surface area contributed by atoms with Crippen LogP contribution in [-0.2, 0) is 52.0 Å². The van der Waals surface area contributed by atoms with E-state index >= 15 is 0 Å². The van der Waals surface area contributed by atoms with Crippen LogP contribution in [-0.4, -0.2) is 280 Å². The van der Waals surface area contributed by atoms with E-state index in [9.17, 15) is 0 Å². The first kappa shape index (κ1) is 105. The summed E-state index contributed by atoms with van der Waals surface area (Å²) < 4.78 is 170. The summed E-state index contributed by atoms with van der Waals surface area (Å²) in [5.74, 6) is 0. The largest absolute Gasteiger partial charge is 3.00 e. The van der Waals surface area contributed by atoms with E-state index in [1.54, 1.807) is 0 Å². The smallest absolute Gasteiger partial charge is 0.870 e. The minimum Gasteiger partial charge on any atom is -0.870 e. The van der Waals surface area contributed by atoms with Crippen molar-refractivity contribution in [2.24, 2.45) is 0 Å². The molecule has 0 atom stereocenters. The average molecular weight is 767 g/mol. The van der Waals surface area contributed by atoms with Crippen LogP contribution in [0.4, 0.5) is 0 Å². The van der Waals surface area contributed by atoms with Gasteiger partial charge in [0.25, 0.3) is 0 Å². The van der Waals surface area contributed by atoms with Gasteiger partial charge < -0.3 is 72.9 Å². The molecule has 0 bridgehead atoms. The zero-order valence-corrected chi connectivity index (χ0v) is 30.5. The maximum atomic E-state index is 8.52. The van der Waals surface area contributed by atoms with Crippen molar-refractivity contribution in [1.82, 2.24) is 0 Å². The Kier molecular flexibility index (Phi) is 144. The van der Waals surface area contributed by atoms with Crippen molar-refractivity contribution in [3.8, 4) is 0 Å². The van der Waals surface area contributed by atoms with Crippen LogP contribution in [0.5, 0.6) is 0 Å². The van der Waals surface area contributed by atoms with E-state index in [4.69, 9.17) is 87.6 Å². The van der Waals surface area contributed by atoms with Gasteiger partial charge in [0, 0.05) is 52.0 Å². The standard InChI is InChI=1S/3Al.3Ca.5H2O4S.5H2O/c;;;;;;5*1-5(2,3)4;;;;;/h;;;;;;5*(H2,1,2,3,4);5*1H2/q3*+3;3*+2;;;;;;;;;;/p-15. The summed E-state index contributed by atoms with van der Waals surface area (Å²) in [6.07, 6.45) is 0. The summed E-state index contributed by atoms with van der Waals surface area (Å²) >= 11 is 0. The maximum Gasteiger partial charge on any atom is 3.00 e. The van der Waals surface area contributed by atoms with Crippen LogP contribution in [0.2, 0.25) is 0 Å². The fraction of sp³-hybridized carbons (Fsp3) is 0. The predicted octanol–water partition coefficient (Wildman–Crippen LogP) is -9.86. The number of hydrogen-bond acceptors (Lipinski definition) is 25. The molecule has 0 aliphatic heterocycles. The Morgan fingerprint density at radius 1 is 0.250 bits per heavy atom. The van der Waals surface area contributed by atoms with E-state index in [2.05, 4.69) is 0 Å². The van der Waals surface area contributed by atoms with Crippen LogP contribution in [0.25, 0.3) is 0 Å². The molecule has 200 valence electrons. The van der Waals surface area contributed by atoms with E-state index in [1.165, 1.54) is 0 Å². The molecular formula is H5Al3Ca3O25S5. The molecule has 0 spiro atoms. The van der Waals surface area contributed by atoms with Gasteiger partial charge in [0.2, 0.25) is 0 Å². The first-order chi connectivity index (χ1) is 10.0. The molecule has 0 amide bonds. The third kappa shape index (κ3) is 2650. The summed E-state index contributed by atoms with van der Waals surface area (Å²) in [7, 11) is -25.8. The van der Waals surface area contributed by atoms with Crippen LogP contribution in [0, 0.1) is 0 Å². The maximum absolute atomic E-state index is 8.52. The van der Waals surface area contributed by atoms with Crippen molar-refractivity contribution in [3.63, 3.8) is 0 Å². The first-order valence-electron chi connectivity index (χ1n) is 3.33. The van der Waals surface area contributed by atoms with Crippen molar-refractivity contribution in [2.75, 3.05) is 0 Å². The molecule has 0 aromatic rings. The molecule has 0 saturated heterocycles. The molecule has 0 unspecified atom stereocenters. The summed E-state index contributed by atoms with van der Waals surface area (Å²) in [4.78, 5) is 0. The molecule has 0 heterocycles. The summed E-state index contributed by atoms with van der Waals surface area (Å²) in [5, 5.41) is 0. The predicted molar refractivity (Wildman–Crippen MR) is 96.6 cm³/mol. The summed E-state index contributed by atoms with van der Waals surface area (Å²) in [5.41, 5.74) is 0. The fourth-order valence-electron chi connectivity index (χ4n) is 0. The zero-order valence-electron chi connectivity index (χ0n) is 16.3. The molecular weight excluding hydrogens is 761 g/mol. The molecule has 5 N–H and O–H groups in total. The van der Waals surface area contributed by atoms with Crippen molar-refractivity contribution >= 4 is 217 Å². The van der Waals surface area contributed by atoms with Crippen LogP contribution in [0.3, 0.4) is 0 Å². The molecule has 0 aliphatic rings. The van der Waals surface area contributed by atoms with Crippen LogP contribution < -0.4 is 0 Å². The Morgan fingerprint density at radius 3 is 0.250 bits per heavy atom. The Labute approximate surface area is 326 Å². The van der Waals surface area contributed by atoms with Crippen molar-refractivity contribution in [1.29, 1.82) is 0 Å². The van der Waals surface area contributed by atoms with Crippen LogP contribution in [0.1, 0.15) is 0 Å². The van der Waals surface area contributed by atoms with Gasteiger partial charge in [0.1, 0.15) is 0 Å². The Morgan fingerprint density at radius 2 is 0.250 bits per heavy atom. The second kappa shape index (κ2) is 49.2. The van der Waals surface area contributed by atoms with Gasteiger partial charge in [-0.25, -0.2) is 0 Å². The third-order valence-electron chi connectivity index (χ3n) is 0. The molecule has 25 nitrogen and oxygen atoms in total. The van der Waals surface area contributed by atoms with E-state index in [-0.39, 0.29) is 193 Å². The van der Waals surface area contributed by atoms with Gasteiger partial charge in [-0.15, -0.1) is 0 Å². The molecule has 0 aromatic heterocycles. The zero-order chi connectivity index (χ0) is 22.5. The number of rotatable bonds is 0. The molecule has 36 heavy (non-hydrogen) atoms. The molecule has 0 rings (SSSR count). The van der Waals surface area contributed by atoms with Gasteiger partial charge in [0.05, 0.1) is 0 Å². The summed E-state index contributed by atoms with van der Waals surface area (Å²) in [6.45, 7) is 0. The van der Waals surface area contributed by atoms with E-state index in [0.717, 1.165) is 0 Å². The molecule has 0 aliphatic carbocycles. The third-order valence-corrected chi connectivity index (χ3v) is 0. The van der Waals surface area contributed by atoms with E-state index in [0.29, 0.717) is 0 Å². The van der Waals surface area contributed by atoms with Crippen molar-refractivity contribution in [3.05, 3.63) is 0 Å². The second-order valence-electron chi connectivity index (χ2n) is 2.04. The fourth-order valence-corrected chi connectivity index (χ4v) is 0. The molecule has 36 heteroatoms. The second-order valence-corrected chi connectivity index (χ2v) is 6.12. The SMILES string of the molecule is O=S(=O)([O-])[O-].O=S(=O)([O-])[O-].O=S(=O)([O-])[O-].O=S(=O)([O-])[O-].O=S(=O)([O-])[O-].[Al+3].[Al+3].[Al+3].[Ca+2].[Ca+2].[Ca+2].[OH-].[OH-].[OH-].[OH-].[OH-]. The minimum atomic E-state index is -5.17. The van der Waals surface area contributed by atoms with Gasteiger partial charge >= 0.3 is 165 Å². The van der Waals surface area contributed by atoms with E-state index < -0.39 is 52.0 Å². The van der Waals surface area contributed by atoms with Gasteiger partial charge in [0.15, 0.2) is 0 Å². The molecule has 0 radical (unpaired) electrons. The molecule has 0 aromatic carbocycles. The Balaban J connectivity index is -0.00000000922. The van der Waals surface area contributed by atoms with Gasteiger partial charge in [-0.1, -0.05) is 0 Å². The number of hydrogen-bond donors (Lipinski definition) is 0.